The van der Waals surface area contributed by atoms with E-state index in [-0.39, 0.29) is 30.7 Å². The Morgan fingerprint density at radius 1 is 1.40 bits per heavy atom. The zero-order valence-electron chi connectivity index (χ0n) is 11.9. The normalized spacial score (nSPS) is 9.80. The molecule has 0 radical (unpaired) electrons. The summed E-state index contributed by atoms with van der Waals surface area (Å²) < 4.78 is 0. The molecule has 0 saturated carbocycles. The molecule has 3 N–H and O–H groups in total. The van der Waals surface area contributed by atoms with E-state index in [1.54, 1.807) is 5.38 Å². The molecule has 1 heterocycles. The molecule has 0 aliphatic rings. The highest BCUT2D eigenvalue weighted by Crippen LogP contribution is 2.09. The maximum absolute atomic E-state index is 11.8. The summed E-state index contributed by atoms with van der Waals surface area (Å²) in [5, 5.41) is 5.60. The van der Waals surface area contributed by atoms with Crippen molar-refractivity contribution >= 4 is 42.1 Å². The number of rotatable bonds is 8. The lowest BCUT2D eigenvalue weighted by molar-refractivity contribution is 0.0944. The van der Waals surface area contributed by atoms with Crippen molar-refractivity contribution in [2.75, 3.05) is 32.7 Å². The quantitative estimate of drug-likeness (QED) is 0.751. The molecule has 0 aliphatic carbocycles. The first-order valence-corrected chi connectivity index (χ1v) is 7.24. The molecule has 0 aliphatic heterocycles. The van der Waals surface area contributed by atoms with Gasteiger partial charge in [-0.2, -0.15) is 0 Å². The molecule has 0 atom stereocenters. The van der Waals surface area contributed by atoms with Crippen molar-refractivity contribution in [2.45, 2.75) is 20.3 Å². The monoisotopic (exact) mass is 342 g/mol. The molecule has 0 aromatic carbocycles. The Morgan fingerprint density at radius 3 is 2.60 bits per heavy atom. The van der Waals surface area contributed by atoms with Crippen LogP contribution in [-0.4, -0.2) is 48.5 Å². The van der Waals surface area contributed by atoms with Gasteiger partial charge >= 0.3 is 0 Å². The number of aromatic nitrogens is 1. The van der Waals surface area contributed by atoms with Crippen LogP contribution in [0.5, 0.6) is 0 Å². The third-order valence-corrected chi connectivity index (χ3v) is 3.66. The van der Waals surface area contributed by atoms with Crippen molar-refractivity contribution < 1.29 is 4.79 Å². The average molecular weight is 343 g/mol. The highest BCUT2D eigenvalue weighted by molar-refractivity contribution is 7.09. The highest BCUT2D eigenvalue weighted by atomic mass is 35.5. The second kappa shape index (κ2) is 12.3. The van der Waals surface area contributed by atoms with Gasteiger partial charge in [-0.3, -0.25) is 4.79 Å². The lowest BCUT2D eigenvalue weighted by Crippen LogP contribution is -2.34. The van der Waals surface area contributed by atoms with Crippen molar-refractivity contribution in [3.8, 4) is 0 Å². The predicted molar refractivity (Wildman–Crippen MR) is 89.5 cm³/mol. The standard InChI is InChI=1S/C12H22N4OS.2ClH/c1-3-16(4-2)8-7-14-12(17)10-9-18-11(15-10)5-6-13;;/h9H,3-8,13H2,1-2H3,(H,14,17);2*1H. The largest absolute Gasteiger partial charge is 0.349 e. The first kappa shape index (κ1) is 21.9. The van der Waals surface area contributed by atoms with Crippen LogP contribution in [0.2, 0.25) is 0 Å². The molecule has 0 bridgehead atoms. The summed E-state index contributed by atoms with van der Waals surface area (Å²) in [4.78, 5) is 18.3. The van der Waals surface area contributed by atoms with Crippen LogP contribution in [0.4, 0.5) is 0 Å². The molecule has 20 heavy (non-hydrogen) atoms. The first-order chi connectivity index (χ1) is 8.71. The van der Waals surface area contributed by atoms with Gasteiger partial charge in [0.15, 0.2) is 0 Å². The molecular weight excluding hydrogens is 319 g/mol. The maximum Gasteiger partial charge on any atom is 0.270 e. The number of carbonyl (C=O) groups is 1. The molecular formula is C12H24Cl2N4OS. The molecule has 118 valence electrons. The van der Waals surface area contributed by atoms with E-state index >= 15 is 0 Å². The average Bonchev–Trinajstić information content (AvgIpc) is 2.83. The molecule has 1 amide bonds. The Balaban J connectivity index is 0. The van der Waals surface area contributed by atoms with Crippen molar-refractivity contribution in [3.05, 3.63) is 16.1 Å². The number of nitrogens with zero attached hydrogens (tertiary/aromatic N) is 2. The molecule has 0 unspecified atom stereocenters. The highest BCUT2D eigenvalue weighted by Gasteiger charge is 2.10. The van der Waals surface area contributed by atoms with Crippen LogP contribution in [0.15, 0.2) is 5.38 Å². The molecule has 5 nitrogen and oxygen atoms in total. The predicted octanol–water partition coefficient (Wildman–Crippen LogP) is 1.56. The number of nitrogens with two attached hydrogens (primary N) is 1. The van der Waals surface area contributed by atoms with Crippen LogP contribution >= 0.6 is 36.2 Å². The molecule has 1 rings (SSSR count). The van der Waals surface area contributed by atoms with Crippen LogP contribution in [0, 0.1) is 0 Å². The maximum atomic E-state index is 11.8. The summed E-state index contributed by atoms with van der Waals surface area (Å²) in [5.41, 5.74) is 5.95. The van der Waals surface area contributed by atoms with Gasteiger partial charge in [-0.1, -0.05) is 13.8 Å². The summed E-state index contributed by atoms with van der Waals surface area (Å²) in [7, 11) is 0. The van der Waals surface area contributed by atoms with Crippen LogP contribution in [-0.2, 0) is 6.42 Å². The fourth-order valence-corrected chi connectivity index (χ4v) is 2.41. The van der Waals surface area contributed by atoms with Crippen molar-refractivity contribution in [1.29, 1.82) is 0 Å². The van der Waals surface area contributed by atoms with Crippen LogP contribution in [0.25, 0.3) is 0 Å². The molecule has 1 aromatic rings. The minimum absolute atomic E-state index is 0. The van der Waals surface area contributed by atoms with Gasteiger partial charge in [0.2, 0.25) is 0 Å². The van der Waals surface area contributed by atoms with E-state index in [2.05, 4.69) is 29.0 Å². The van der Waals surface area contributed by atoms with E-state index in [0.717, 1.165) is 31.1 Å². The van der Waals surface area contributed by atoms with Crippen LogP contribution in [0.3, 0.4) is 0 Å². The van der Waals surface area contributed by atoms with Crippen molar-refractivity contribution in [3.63, 3.8) is 0 Å². The number of hydrogen-bond acceptors (Lipinski definition) is 5. The van der Waals surface area contributed by atoms with Crippen LogP contribution in [0.1, 0.15) is 29.3 Å². The number of halogens is 2. The minimum atomic E-state index is -0.0957. The molecule has 0 saturated heterocycles. The Labute approximate surface area is 137 Å². The minimum Gasteiger partial charge on any atom is -0.349 e. The second-order valence-electron chi connectivity index (χ2n) is 3.95. The Kier molecular flexibility index (Phi) is 13.5. The van der Waals surface area contributed by atoms with Gasteiger partial charge in [-0.05, 0) is 19.6 Å². The second-order valence-corrected chi connectivity index (χ2v) is 4.89. The van der Waals surface area contributed by atoms with Crippen LogP contribution < -0.4 is 11.1 Å². The van der Waals surface area contributed by atoms with E-state index in [4.69, 9.17) is 5.73 Å². The van der Waals surface area contributed by atoms with Crippen molar-refractivity contribution in [2.24, 2.45) is 5.73 Å². The molecule has 1 aromatic heterocycles. The Hall–Kier alpha value is -0.400. The smallest absolute Gasteiger partial charge is 0.270 e. The zero-order chi connectivity index (χ0) is 13.4. The topological polar surface area (TPSA) is 71.2 Å². The summed E-state index contributed by atoms with van der Waals surface area (Å²) >= 11 is 1.49. The van der Waals surface area contributed by atoms with E-state index in [1.807, 2.05) is 0 Å². The van der Waals surface area contributed by atoms with Gasteiger partial charge in [-0.25, -0.2) is 4.98 Å². The number of nitrogens with one attached hydrogen (secondary N) is 1. The van der Waals surface area contributed by atoms with E-state index in [1.165, 1.54) is 11.3 Å². The zero-order valence-corrected chi connectivity index (χ0v) is 14.4. The van der Waals surface area contributed by atoms with Gasteiger partial charge in [0.1, 0.15) is 5.69 Å². The van der Waals surface area contributed by atoms with Gasteiger partial charge in [-0.15, -0.1) is 36.2 Å². The number of amides is 1. The number of thiazole rings is 1. The molecule has 0 spiro atoms. The molecule has 0 fully saturated rings. The van der Waals surface area contributed by atoms with Gasteiger partial charge in [0.05, 0.1) is 5.01 Å². The van der Waals surface area contributed by atoms with E-state index in [0.29, 0.717) is 18.8 Å². The lowest BCUT2D eigenvalue weighted by atomic mass is 10.4. The van der Waals surface area contributed by atoms with Gasteiger partial charge in [0, 0.05) is 24.9 Å². The number of hydrogen-bond donors (Lipinski definition) is 2. The summed E-state index contributed by atoms with van der Waals surface area (Å²) in [6.45, 7) is 8.34. The van der Waals surface area contributed by atoms with E-state index in [9.17, 15) is 4.79 Å². The summed E-state index contributed by atoms with van der Waals surface area (Å²) in [5.74, 6) is -0.0957. The fourth-order valence-electron chi connectivity index (χ4n) is 1.61. The third-order valence-electron chi connectivity index (χ3n) is 2.75. The fraction of sp³-hybridized carbons (Fsp3) is 0.667. The first-order valence-electron chi connectivity index (χ1n) is 6.36. The SMILES string of the molecule is CCN(CC)CCNC(=O)c1csc(CCN)n1.Cl.Cl. The third kappa shape index (κ3) is 7.40. The van der Waals surface area contributed by atoms with Gasteiger partial charge < -0.3 is 16.0 Å². The lowest BCUT2D eigenvalue weighted by Gasteiger charge is -2.17. The summed E-state index contributed by atoms with van der Waals surface area (Å²) in [6.07, 6.45) is 0.734. The summed E-state index contributed by atoms with van der Waals surface area (Å²) in [6, 6.07) is 0. The Bertz CT molecular complexity index is 372. The van der Waals surface area contributed by atoms with Crippen molar-refractivity contribution in [1.82, 2.24) is 15.2 Å². The number of carbonyl (C=O) groups excluding carboxylic acids is 1. The molecule has 8 heteroatoms. The van der Waals surface area contributed by atoms with Gasteiger partial charge in [0.25, 0.3) is 5.91 Å². The Morgan fingerprint density at radius 2 is 2.05 bits per heavy atom. The number of likely N-dealkylation sites (N-methyl/N-ethyl adjacent to an activating group) is 1. The van der Waals surface area contributed by atoms with E-state index < -0.39 is 0 Å².